The van der Waals surface area contributed by atoms with Crippen LogP contribution in [0, 0.1) is 6.92 Å². The van der Waals surface area contributed by atoms with E-state index < -0.39 is 0 Å². The summed E-state index contributed by atoms with van der Waals surface area (Å²) in [6, 6.07) is 5.84. The fraction of sp³-hybridized carbons (Fsp3) is 0.273. The number of H-pyrrole nitrogens is 1. The smallest absolute Gasteiger partial charge is 0.122 e. The molecule has 2 aromatic rings. The standard InChI is InChI=1S/C11H13NO2/c1-7-9-5-8(6-13)12-10(9)3-4-11(7)14-2/h3-5,12-13H,6H2,1-2H3. The summed E-state index contributed by atoms with van der Waals surface area (Å²) in [5.74, 6) is 0.876. The second kappa shape index (κ2) is 3.35. The third-order valence-electron chi connectivity index (χ3n) is 2.47. The van der Waals surface area contributed by atoms with E-state index in [1.54, 1.807) is 7.11 Å². The highest BCUT2D eigenvalue weighted by atomic mass is 16.5. The van der Waals surface area contributed by atoms with Gasteiger partial charge in [0.25, 0.3) is 0 Å². The number of hydrogen-bond acceptors (Lipinski definition) is 2. The lowest BCUT2D eigenvalue weighted by atomic mass is 10.1. The molecule has 0 saturated heterocycles. The number of aryl methyl sites for hydroxylation is 1. The summed E-state index contributed by atoms with van der Waals surface area (Å²) in [4.78, 5) is 3.13. The van der Waals surface area contributed by atoms with E-state index in [1.807, 2.05) is 25.1 Å². The van der Waals surface area contributed by atoms with Crippen molar-refractivity contribution in [3.05, 3.63) is 29.5 Å². The molecule has 0 fully saturated rings. The van der Waals surface area contributed by atoms with Gasteiger partial charge in [0, 0.05) is 22.2 Å². The van der Waals surface area contributed by atoms with Crippen molar-refractivity contribution in [1.82, 2.24) is 4.98 Å². The van der Waals surface area contributed by atoms with Crippen LogP contribution in [0.4, 0.5) is 0 Å². The number of aromatic nitrogens is 1. The number of fused-ring (bicyclic) bond motifs is 1. The summed E-state index contributed by atoms with van der Waals surface area (Å²) < 4.78 is 5.22. The molecule has 1 heterocycles. The Labute approximate surface area is 82.3 Å². The van der Waals surface area contributed by atoms with Gasteiger partial charge in [-0.05, 0) is 25.1 Å². The number of methoxy groups -OCH3 is 1. The topological polar surface area (TPSA) is 45.2 Å². The second-order valence-corrected chi connectivity index (χ2v) is 3.31. The molecule has 0 aliphatic carbocycles. The van der Waals surface area contributed by atoms with Gasteiger partial charge >= 0.3 is 0 Å². The van der Waals surface area contributed by atoms with E-state index in [4.69, 9.17) is 9.84 Å². The summed E-state index contributed by atoms with van der Waals surface area (Å²) in [5, 5.41) is 10.1. The summed E-state index contributed by atoms with van der Waals surface area (Å²) in [7, 11) is 1.66. The lowest BCUT2D eigenvalue weighted by Gasteiger charge is -2.04. The minimum Gasteiger partial charge on any atom is -0.496 e. The van der Waals surface area contributed by atoms with Crippen molar-refractivity contribution in [1.29, 1.82) is 0 Å². The number of hydrogen-bond donors (Lipinski definition) is 2. The predicted molar refractivity (Wildman–Crippen MR) is 55.5 cm³/mol. The van der Waals surface area contributed by atoms with Crippen LogP contribution < -0.4 is 4.74 Å². The Kier molecular flexibility index (Phi) is 2.17. The van der Waals surface area contributed by atoms with Crippen LogP contribution in [0.25, 0.3) is 10.9 Å². The van der Waals surface area contributed by atoms with Crippen LogP contribution in [0.1, 0.15) is 11.3 Å². The van der Waals surface area contributed by atoms with E-state index >= 15 is 0 Å². The summed E-state index contributed by atoms with van der Waals surface area (Å²) in [5.41, 5.74) is 2.96. The zero-order valence-electron chi connectivity index (χ0n) is 8.29. The minimum absolute atomic E-state index is 0.0381. The van der Waals surface area contributed by atoms with Crippen LogP contribution >= 0.6 is 0 Å². The van der Waals surface area contributed by atoms with E-state index in [0.717, 1.165) is 27.9 Å². The highest BCUT2D eigenvalue weighted by Crippen LogP contribution is 2.27. The van der Waals surface area contributed by atoms with Gasteiger partial charge in [-0.3, -0.25) is 0 Å². The van der Waals surface area contributed by atoms with Gasteiger partial charge in [0.2, 0.25) is 0 Å². The van der Waals surface area contributed by atoms with Gasteiger partial charge in [0.05, 0.1) is 13.7 Å². The Balaban J connectivity index is 2.68. The van der Waals surface area contributed by atoms with Gasteiger partial charge < -0.3 is 14.8 Å². The Morgan fingerprint density at radius 1 is 1.43 bits per heavy atom. The quantitative estimate of drug-likeness (QED) is 0.762. The number of aliphatic hydroxyl groups is 1. The molecular formula is C11H13NO2. The van der Waals surface area contributed by atoms with Crippen molar-refractivity contribution in [2.75, 3.05) is 7.11 Å². The molecule has 2 rings (SSSR count). The zero-order valence-corrected chi connectivity index (χ0v) is 8.29. The van der Waals surface area contributed by atoms with Crippen LogP contribution in [0.2, 0.25) is 0 Å². The normalized spacial score (nSPS) is 10.8. The fourth-order valence-corrected chi connectivity index (χ4v) is 1.69. The third kappa shape index (κ3) is 1.26. The number of nitrogens with one attached hydrogen (secondary N) is 1. The number of aliphatic hydroxyl groups excluding tert-OH is 1. The molecule has 0 radical (unpaired) electrons. The van der Waals surface area contributed by atoms with E-state index in [2.05, 4.69) is 4.98 Å². The molecule has 0 aliphatic rings. The van der Waals surface area contributed by atoms with Gasteiger partial charge in [-0.2, -0.15) is 0 Å². The van der Waals surface area contributed by atoms with Crippen LogP contribution in [0.3, 0.4) is 0 Å². The Bertz CT molecular complexity index is 460. The molecule has 3 nitrogen and oxygen atoms in total. The van der Waals surface area contributed by atoms with E-state index in [-0.39, 0.29) is 6.61 Å². The average molecular weight is 191 g/mol. The van der Waals surface area contributed by atoms with Crippen molar-refractivity contribution < 1.29 is 9.84 Å². The van der Waals surface area contributed by atoms with Gasteiger partial charge in [-0.15, -0.1) is 0 Å². The third-order valence-corrected chi connectivity index (χ3v) is 2.47. The predicted octanol–water partition coefficient (Wildman–Crippen LogP) is 1.98. The van der Waals surface area contributed by atoms with Gasteiger partial charge in [-0.25, -0.2) is 0 Å². The molecule has 0 bridgehead atoms. The molecule has 0 unspecified atom stereocenters. The van der Waals surface area contributed by atoms with Crippen molar-refractivity contribution in [2.45, 2.75) is 13.5 Å². The maximum atomic E-state index is 8.99. The number of rotatable bonds is 2. The van der Waals surface area contributed by atoms with Crippen molar-refractivity contribution in [3.63, 3.8) is 0 Å². The van der Waals surface area contributed by atoms with Crippen LogP contribution in [-0.4, -0.2) is 17.2 Å². The number of aromatic amines is 1. The van der Waals surface area contributed by atoms with Crippen molar-refractivity contribution in [2.24, 2.45) is 0 Å². The highest BCUT2D eigenvalue weighted by molar-refractivity contribution is 5.85. The van der Waals surface area contributed by atoms with E-state index in [1.165, 1.54) is 0 Å². The van der Waals surface area contributed by atoms with Gasteiger partial charge in [0.15, 0.2) is 0 Å². The molecule has 2 N–H and O–H groups in total. The van der Waals surface area contributed by atoms with Crippen LogP contribution in [0.5, 0.6) is 5.75 Å². The van der Waals surface area contributed by atoms with E-state index in [9.17, 15) is 0 Å². The fourth-order valence-electron chi connectivity index (χ4n) is 1.69. The summed E-state index contributed by atoms with van der Waals surface area (Å²) >= 11 is 0. The summed E-state index contributed by atoms with van der Waals surface area (Å²) in [6.45, 7) is 2.05. The van der Waals surface area contributed by atoms with Gasteiger partial charge in [-0.1, -0.05) is 0 Å². The SMILES string of the molecule is COc1ccc2[nH]c(CO)cc2c1C. The molecule has 0 saturated carbocycles. The van der Waals surface area contributed by atoms with Crippen molar-refractivity contribution in [3.8, 4) is 5.75 Å². The maximum Gasteiger partial charge on any atom is 0.122 e. The lowest BCUT2D eigenvalue weighted by Crippen LogP contribution is -1.86. The number of ether oxygens (including phenoxy) is 1. The average Bonchev–Trinajstić information content (AvgIpc) is 2.62. The van der Waals surface area contributed by atoms with Crippen LogP contribution in [-0.2, 0) is 6.61 Å². The highest BCUT2D eigenvalue weighted by Gasteiger charge is 2.06. The second-order valence-electron chi connectivity index (χ2n) is 3.31. The molecule has 0 aliphatic heterocycles. The summed E-state index contributed by atoms with van der Waals surface area (Å²) in [6.07, 6.45) is 0. The first kappa shape index (κ1) is 9.09. The Hall–Kier alpha value is -1.48. The molecule has 14 heavy (non-hydrogen) atoms. The minimum atomic E-state index is 0.0381. The van der Waals surface area contributed by atoms with Crippen molar-refractivity contribution >= 4 is 10.9 Å². The molecule has 0 spiro atoms. The first-order chi connectivity index (χ1) is 6.76. The monoisotopic (exact) mass is 191 g/mol. The molecule has 74 valence electrons. The molecule has 1 aromatic carbocycles. The lowest BCUT2D eigenvalue weighted by molar-refractivity contribution is 0.278. The van der Waals surface area contributed by atoms with Crippen LogP contribution in [0.15, 0.2) is 18.2 Å². The molecule has 1 aromatic heterocycles. The molecule has 3 heteroatoms. The first-order valence-electron chi connectivity index (χ1n) is 4.52. The van der Waals surface area contributed by atoms with E-state index in [0.29, 0.717) is 0 Å². The Morgan fingerprint density at radius 2 is 2.21 bits per heavy atom. The maximum absolute atomic E-state index is 8.99. The largest absolute Gasteiger partial charge is 0.496 e. The van der Waals surface area contributed by atoms with Gasteiger partial charge in [0.1, 0.15) is 5.75 Å². The number of benzene rings is 1. The molecule has 0 atom stereocenters. The zero-order chi connectivity index (χ0) is 10.1. The molecular weight excluding hydrogens is 178 g/mol. The Morgan fingerprint density at radius 3 is 2.86 bits per heavy atom. The first-order valence-corrected chi connectivity index (χ1v) is 4.52. The molecule has 0 amide bonds.